The monoisotopic (exact) mass is 502 g/mol. The topological polar surface area (TPSA) is 78.9 Å². The molecule has 0 aromatic heterocycles. The second-order valence-corrected chi connectivity index (χ2v) is 23.9. The van der Waals surface area contributed by atoms with E-state index in [0.717, 1.165) is 0 Å². The first kappa shape index (κ1) is 37.8. The summed E-state index contributed by atoms with van der Waals surface area (Å²) < 4.78 is 14.7. The van der Waals surface area contributed by atoms with E-state index in [0.29, 0.717) is 0 Å². The van der Waals surface area contributed by atoms with Crippen molar-refractivity contribution in [3.05, 3.63) is 0 Å². The molecular formula is C15H37Cl3O6Si3. The molecule has 0 spiro atoms. The van der Waals surface area contributed by atoms with Crippen LogP contribution in [0.25, 0.3) is 0 Å². The van der Waals surface area contributed by atoms with Gasteiger partial charge in [0, 0.05) is 34.1 Å². The SMILES string of the molecule is CC(=O)O[Si](C)(C)OC(C)=O.CC(C)=O.CO[Si](C)(C)C.C[Si](C)(Cl)Cl.Cl. The zero-order chi connectivity index (χ0) is 22.4. The second-order valence-electron chi connectivity index (χ2n) is 7.14. The molecule has 0 radical (unpaired) electrons. The molecule has 6 nitrogen and oxygen atoms in total. The van der Waals surface area contributed by atoms with Crippen LogP contribution in [0.5, 0.6) is 0 Å². The van der Waals surface area contributed by atoms with Gasteiger partial charge in [0.05, 0.1) is 0 Å². The Morgan fingerprint density at radius 3 is 0.926 bits per heavy atom. The molecule has 0 N–H and O–H groups in total. The lowest BCUT2D eigenvalue weighted by Crippen LogP contribution is -2.38. The molecule has 0 bridgehead atoms. The van der Waals surface area contributed by atoms with Crippen molar-refractivity contribution in [1.29, 1.82) is 0 Å². The summed E-state index contributed by atoms with van der Waals surface area (Å²) in [6.45, 7) is 17.4. The molecule has 0 rings (SSSR count). The highest BCUT2D eigenvalue weighted by Gasteiger charge is 2.30. The standard InChI is InChI=1S/C6H12O4Si.C4H12OSi.C3H6O.C2H6Cl2Si.ClH/c1-5(7)9-11(3,4)10-6(2)8;1-5-6(2,3)4;1-3(2)4;1-5(2,3)4;/h1-4H3;1-4H3;1-2H3;1-2H3;1H. The summed E-state index contributed by atoms with van der Waals surface area (Å²) in [5, 5.41) is 0. The predicted octanol–water partition coefficient (Wildman–Crippen LogP) is 5.47. The van der Waals surface area contributed by atoms with E-state index in [1.807, 2.05) is 13.1 Å². The third kappa shape index (κ3) is 88.4. The Bertz CT molecular complexity index is 394. The Kier molecular flexibility index (Phi) is 25.4. The molecule has 0 aliphatic heterocycles. The number of carbonyl (C=O) groups is 3. The summed E-state index contributed by atoms with van der Waals surface area (Å²) in [7, 11) is -1.89. The Morgan fingerprint density at radius 2 is 0.852 bits per heavy atom. The molecule has 0 aromatic carbocycles. The minimum atomic E-state index is -2.53. The fourth-order valence-electron chi connectivity index (χ4n) is 0.713. The highest BCUT2D eigenvalue weighted by atomic mass is 35.7. The van der Waals surface area contributed by atoms with Crippen molar-refractivity contribution in [3.8, 4) is 0 Å². The molecular weight excluding hydrogens is 467 g/mol. The molecule has 166 valence electrons. The van der Waals surface area contributed by atoms with Gasteiger partial charge in [0.2, 0.25) is 6.69 Å². The van der Waals surface area contributed by atoms with E-state index in [9.17, 15) is 14.4 Å². The highest BCUT2D eigenvalue weighted by Crippen LogP contribution is 2.10. The van der Waals surface area contributed by atoms with Gasteiger partial charge in [0.25, 0.3) is 11.9 Å². The van der Waals surface area contributed by atoms with Gasteiger partial charge in [-0.2, -0.15) is 0 Å². The summed E-state index contributed by atoms with van der Waals surface area (Å²) in [5.41, 5.74) is 0. The van der Waals surface area contributed by atoms with Gasteiger partial charge in [-0.15, -0.1) is 34.6 Å². The van der Waals surface area contributed by atoms with Crippen molar-refractivity contribution in [3.63, 3.8) is 0 Å². The number of carbonyl (C=O) groups excluding carboxylic acids is 3. The number of halogens is 3. The third-order valence-corrected chi connectivity index (χ3v) is 4.17. The Hall–Kier alpha value is 0.0906. The predicted molar refractivity (Wildman–Crippen MR) is 124 cm³/mol. The number of hydrogen-bond donors (Lipinski definition) is 0. The lowest BCUT2D eigenvalue weighted by molar-refractivity contribution is -0.138. The minimum Gasteiger partial charge on any atom is -0.485 e. The van der Waals surface area contributed by atoms with Crippen LogP contribution in [0.4, 0.5) is 0 Å². The quantitative estimate of drug-likeness (QED) is 0.375. The number of Topliss-reactive ketones (excluding diaryl/α,β-unsaturated/α-hetero) is 1. The van der Waals surface area contributed by atoms with E-state index < -0.39 is 35.5 Å². The van der Waals surface area contributed by atoms with E-state index in [1.54, 1.807) is 20.2 Å². The van der Waals surface area contributed by atoms with Crippen LogP contribution in [0.15, 0.2) is 0 Å². The first-order valence-electron chi connectivity index (χ1n) is 7.92. The normalized spacial score (nSPS) is 10.1. The summed E-state index contributed by atoms with van der Waals surface area (Å²) >= 11 is 10.9. The maximum Gasteiger partial charge on any atom is 0.457 e. The van der Waals surface area contributed by atoms with E-state index in [-0.39, 0.29) is 18.2 Å². The zero-order valence-electron chi connectivity index (χ0n) is 18.6. The Morgan fingerprint density at radius 1 is 0.704 bits per heavy atom. The molecule has 0 aliphatic carbocycles. The van der Waals surface area contributed by atoms with E-state index >= 15 is 0 Å². The maximum absolute atomic E-state index is 10.5. The number of hydrogen-bond acceptors (Lipinski definition) is 6. The first-order valence-corrected chi connectivity index (χ1v) is 19.2. The van der Waals surface area contributed by atoms with E-state index in [1.165, 1.54) is 27.7 Å². The van der Waals surface area contributed by atoms with Crippen molar-refractivity contribution in [2.45, 2.75) is 73.5 Å². The van der Waals surface area contributed by atoms with Crippen LogP contribution in [-0.4, -0.2) is 48.4 Å². The van der Waals surface area contributed by atoms with Gasteiger partial charge in [0.15, 0.2) is 8.32 Å². The van der Waals surface area contributed by atoms with E-state index in [4.69, 9.17) is 35.4 Å². The molecule has 0 atom stereocenters. The molecule has 0 aliphatic rings. The van der Waals surface area contributed by atoms with Gasteiger partial charge in [-0.05, 0) is 46.6 Å². The largest absolute Gasteiger partial charge is 0.485 e. The second kappa shape index (κ2) is 18.1. The zero-order valence-corrected chi connectivity index (χ0v) is 23.9. The first-order chi connectivity index (χ1) is 11.1. The van der Waals surface area contributed by atoms with Crippen molar-refractivity contribution in [2.75, 3.05) is 7.11 Å². The van der Waals surface area contributed by atoms with Crippen LogP contribution < -0.4 is 0 Å². The summed E-state index contributed by atoms with van der Waals surface area (Å²) in [6.07, 6.45) is 0. The van der Waals surface area contributed by atoms with Crippen LogP contribution in [0.3, 0.4) is 0 Å². The Labute approximate surface area is 183 Å². The van der Waals surface area contributed by atoms with Crippen molar-refractivity contribution in [2.24, 2.45) is 0 Å². The van der Waals surface area contributed by atoms with Gasteiger partial charge < -0.3 is 18.1 Å². The van der Waals surface area contributed by atoms with Crippen LogP contribution in [0.2, 0.25) is 45.8 Å². The van der Waals surface area contributed by atoms with Gasteiger partial charge >= 0.3 is 8.56 Å². The summed E-state index contributed by atoms with van der Waals surface area (Å²) in [6, 6.07) is 0. The van der Waals surface area contributed by atoms with Crippen LogP contribution in [-0.2, 0) is 27.7 Å². The van der Waals surface area contributed by atoms with Gasteiger partial charge in [-0.1, -0.05) is 0 Å². The average Bonchev–Trinajstić information content (AvgIpc) is 2.21. The van der Waals surface area contributed by atoms with Gasteiger partial charge in [0.1, 0.15) is 5.78 Å². The fraction of sp³-hybridized carbons (Fsp3) is 0.800. The molecule has 12 heteroatoms. The van der Waals surface area contributed by atoms with Crippen LogP contribution in [0, 0.1) is 0 Å². The van der Waals surface area contributed by atoms with Crippen molar-refractivity contribution in [1.82, 2.24) is 0 Å². The molecule has 0 saturated heterocycles. The molecule has 0 unspecified atom stereocenters. The lowest BCUT2D eigenvalue weighted by Gasteiger charge is -2.19. The molecule has 0 heterocycles. The highest BCUT2D eigenvalue weighted by molar-refractivity contribution is 7.44. The van der Waals surface area contributed by atoms with Crippen molar-refractivity contribution >= 4 is 75.9 Å². The molecule has 0 saturated carbocycles. The summed E-state index contributed by atoms with van der Waals surface area (Å²) in [4.78, 5) is 30.4. The third-order valence-electron chi connectivity index (χ3n) is 1.39. The summed E-state index contributed by atoms with van der Waals surface area (Å²) in [5.74, 6) is -0.661. The van der Waals surface area contributed by atoms with Crippen molar-refractivity contribution < 1.29 is 27.7 Å². The molecule has 27 heavy (non-hydrogen) atoms. The molecule has 0 fully saturated rings. The maximum atomic E-state index is 10.5. The Balaban J connectivity index is -0.0000000862. The fourth-order valence-corrected chi connectivity index (χ4v) is 2.14. The van der Waals surface area contributed by atoms with Gasteiger partial charge in [-0.25, -0.2) is 0 Å². The lowest BCUT2D eigenvalue weighted by atomic mass is 10.6. The minimum absolute atomic E-state index is 0. The molecule has 0 aromatic rings. The number of rotatable bonds is 3. The molecule has 0 amide bonds. The van der Waals surface area contributed by atoms with E-state index in [2.05, 4.69) is 19.6 Å². The van der Waals surface area contributed by atoms with Crippen LogP contribution >= 0.6 is 34.6 Å². The number of ketones is 1. The van der Waals surface area contributed by atoms with Crippen LogP contribution in [0.1, 0.15) is 27.7 Å². The average molecular weight is 504 g/mol. The van der Waals surface area contributed by atoms with Gasteiger partial charge in [-0.3, -0.25) is 9.59 Å². The smallest absolute Gasteiger partial charge is 0.457 e.